The van der Waals surface area contributed by atoms with Crippen LogP contribution in [0.4, 0.5) is 5.69 Å². The van der Waals surface area contributed by atoms with Crippen molar-refractivity contribution in [3.8, 4) is 5.75 Å². The summed E-state index contributed by atoms with van der Waals surface area (Å²) in [5.41, 5.74) is 6.68. The third-order valence-corrected chi connectivity index (χ3v) is 2.97. The molecule has 0 heterocycles. The van der Waals surface area contributed by atoms with Gasteiger partial charge < -0.3 is 20.1 Å². The van der Waals surface area contributed by atoms with Crippen molar-refractivity contribution >= 4 is 11.6 Å². The first-order valence-electron chi connectivity index (χ1n) is 6.26. The summed E-state index contributed by atoms with van der Waals surface area (Å²) >= 11 is 0. The lowest BCUT2D eigenvalue weighted by atomic mass is 10.1. The predicted octanol–water partition coefficient (Wildman–Crippen LogP) is 1.41. The number of methoxy groups -OCH3 is 2. The summed E-state index contributed by atoms with van der Waals surface area (Å²) in [6, 6.07) is 6.80. The van der Waals surface area contributed by atoms with Gasteiger partial charge in [0.15, 0.2) is 0 Å². The fraction of sp³-hybridized carbons (Fsp3) is 0.500. The van der Waals surface area contributed by atoms with Crippen molar-refractivity contribution < 1.29 is 14.3 Å². The number of benzene rings is 1. The van der Waals surface area contributed by atoms with Crippen LogP contribution in [0.25, 0.3) is 0 Å². The molecular weight excluding hydrogens is 244 g/mol. The maximum absolute atomic E-state index is 12.1. The van der Waals surface area contributed by atoms with Gasteiger partial charge in [0.25, 0.3) is 0 Å². The lowest BCUT2D eigenvalue weighted by Gasteiger charge is -2.21. The lowest BCUT2D eigenvalue weighted by Crippen LogP contribution is -2.42. The average molecular weight is 266 g/mol. The van der Waals surface area contributed by atoms with E-state index in [1.54, 1.807) is 26.2 Å². The number of hydrogen-bond acceptors (Lipinski definition) is 4. The Balaban J connectivity index is 2.59. The highest BCUT2D eigenvalue weighted by molar-refractivity contribution is 5.96. The second kappa shape index (κ2) is 7.76. The van der Waals surface area contributed by atoms with Crippen LogP contribution < -0.4 is 15.4 Å². The molecule has 2 N–H and O–H groups in total. The van der Waals surface area contributed by atoms with E-state index in [-0.39, 0.29) is 5.91 Å². The maximum Gasteiger partial charge on any atom is 0.243 e. The summed E-state index contributed by atoms with van der Waals surface area (Å²) in [6.07, 6.45) is 1.40. The number of hydrogen-bond donors (Lipinski definition) is 1. The van der Waals surface area contributed by atoms with Crippen LogP contribution in [0.3, 0.4) is 0 Å². The third-order valence-electron chi connectivity index (χ3n) is 2.97. The molecule has 1 aromatic rings. The Morgan fingerprint density at radius 2 is 1.95 bits per heavy atom. The molecular formula is C14H22N2O3. The molecule has 5 heteroatoms. The Labute approximate surface area is 114 Å². The minimum Gasteiger partial charge on any atom is -0.497 e. The number of carbonyl (C=O) groups excluding carboxylic acids is 1. The molecule has 0 saturated heterocycles. The molecule has 0 fully saturated rings. The van der Waals surface area contributed by atoms with E-state index in [1.165, 1.54) is 0 Å². The summed E-state index contributed by atoms with van der Waals surface area (Å²) in [4.78, 5) is 13.7. The van der Waals surface area contributed by atoms with E-state index >= 15 is 0 Å². The molecule has 0 aliphatic heterocycles. The number of rotatable bonds is 7. The molecule has 1 amide bonds. The van der Waals surface area contributed by atoms with Crippen LogP contribution in [-0.2, 0) is 9.53 Å². The van der Waals surface area contributed by atoms with Crippen molar-refractivity contribution in [1.82, 2.24) is 0 Å². The smallest absolute Gasteiger partial charge is 0.243 e. The molecule has 1 atom stereocenters. The van der Waals surface area contributed by atoms with Crippen molar-refractivity contribution in [2.75, 3.05) is 32.8 Å². The standard InChI is InChI=1S/C14H22N2O3/c1-16(11-6-8-12(19-3)9-7-11)14(17)13(15)5-4-10-18-2/h6-9,13H,4-5,10,15H2,1-3H3. The highest BCUT2D eigenvalue weighted by atomic mass is 16.5. The number of likely N-dealkylation sites (N-methyl/N-ethyl adjacent to an activating group) is 1. The SMILES string of the molecule is COCCCC(N)C(=O)N(C)c1ccc(OC)cc1. The van der Waals surface area contributed by atoms with Gasteiger partial charge in [-0.2, -0.15) is 0 Å². The number of ether oxygens (including phenoxy) is 2. The Kier molecular flexibility index (Phi) is 6.32. The van der Waals surface area contributed by atoms with Crippen LogP contribution in [-0.4, -0.2) is 39.8 Å². The van der Waals surface area contributed by atoms with Crippen LogP contribution >= 0.6 is 0 Å². The zero-order valence-corrected chi connectivity index (χ0v) is 11.8. The first-order chi connectivity index (χ1) is 9.10. The highest BCUT2D eigenvalue weighted by Gasteiger charge is 2.18. The van der Waals surface area contributed by atoms with Gasteiger partial charge in [0.2, 0.25) is 5.91 Å². The summed E-state index contributed by atoms with van der Waals surface area (Å²) in [7, 11) is 4.97. The topological polar surface area (TPSA) is 64.8 Å². The molecule has 19 heavy (non-hydrogen) atoms. The average Bonchev–Trinajstić information content (AvgIpc) is 2.46. The van der Waals surface area contributed by atoms with Gasteiger partial charge in [-0.25, -0.2) is 0 Å². The molecule has 1 aromatic carbocycles. The normalized spacial score (nSPS) is 12.0. The van der Waals surface area contributed by atoms with Gasteiger partial charge in [-0.05, 0) is 37.1 Å². The molecule has 0 saturated carbocycles. The van der Waals surface area contributed by atoms with Crippen molar-refractivity contribution in [2.45, 2.75) is 18.9 Å². The zero-order chi connectivity index (χ0) is 14.3. The van der Waals surface area contributed by atoms with Crippen LogP contribution in [0.5, 0.6) is 5.75 Å². The van der Waals surface area contributed by atoms with Gasteiger partial charge in [0.05, 0.1) is 13.2 Å². The number of nitrogens with two attached hydrogens (primary N) is 1. The summed E-state index contributed by atoms with van der Waals surface area (Å²) in [6.45, 7) is 0.618. The number of amides is 1. The number of carbonyl (C=O) groups is 1. The van der Waals surface area contributed by atoms with Gasteiger partial charge in [-0.15, -0.1) is 0 Å². The molecule has 0 bridgehead atoms. The third kappa shape index (κ3) is 4.54. The Bertz CT molecular complexity index is 392. The first kappa shape index (κ1) is 15.5. The predicted molar refractivity (Wildman–Crippen MR) is 75.5 cm³/mol. The van der Waals surface area contributed by atoms with Crippen molar-refractivity contribution in [3.05, 3.63) is 24.3 Å². The van der Waals surface area contributed by atoms with Gasteiger partial charge in [0.1, 0.15) is 5.75 Å². The fourth-order valence-electron chi connectivity index (χ4n) is 1.75. The van der Waals surface area contributed by atoms with Gasteiger partial charge in [-0.1, -0.05) is 0 Å². The van der Waals surface area contributed by atoms with Gasteiger partial charge in [0, 0.05) is 26.5 Å². The molecule has 1 unspecified atom stereocenters. The quantitative estimate of drug-likeness (QED) is 0.758. The lowest BCUT2D eigenvalue weighted by molar-refractivity contribution is -0.119. The van der Waals surface area contributed by atoms with E-state index in [0.717, 1.165) is 17.9 Å². The molecule has 106 valence electrons. The number of nitrogens with zero attached hydrogens (tertiary/aromatic N) is 1. The minimum absolute atomic E-state index is 0.0960. The monoisotopic (exact) mass is 266 g/mol. The minimum atomic E-state index is -0.498. The Hall–Kier alpha value is -1.59. The second-order valence-electron chi connectivity index (χ2n) is 4.34. The van der Waals surface area contributed by atoms with Crippen molar-refractivity contribution in [2.24, 2.45) is 5.73 Å². The second-order valence-corrected chi connectivity index (χ2v) is 4.34. The van der Waals surface area contributed by atoms with E-state index in [1.807, 2.05) is 24.3 Å². The molecule has 0 aromatic heterocycles. The molecule has 0 spiro atoms. The molecule has 0 aliphatic rings. The van der Waals surface area contributed by atoms with Crippen LogP contribution in [0, 0.1) is 0 Å². The van der Waals surface area contributed by atoms with Crippen LogP contribution in [0.2, 0.25) is 0 Å². The Morgan fingerprint density at radius 1 is 1.32 bits per heavy atom. The van der Waals surface area contributed by atoms with Gasteiger partial charge in [-0.3, -0.25) is 4.79 Å². The van der Waals surface area contributed by atoms with E-state index in [2.05, 4.69) is 0 Å². The fourth-order valence-corrected chi connectivity index (χ4v) is 1.75. The number of anilines is 1. The zero-order valence-electron chi connectivity index (χ0n) is 11.8. The van der Waals surface area contributed by atoms with E-state index in [9.17, 15) is 4.79 Å². The van der Waals surface area contributed by atoms with Crippen LogP contribution in [0.1, 0.15) is 12.8 Å². The van der Waals surface area contributed by atoms with Crippen LogP contribution in [0.15, 0.2) is 24.3 Å². The highest BCUT2D eigenvalue weighted by Crippen LogP contribution is 2.18. The largest absolute Gasteiger partial charge is 0.497 e. The molecule has 0 aliphatic carbocycles. The maximum atomic E-state index is 12.1. The van der Waals surface area contributed by atoms with Crippen molar-refractivity contribution in [3.63, 3.8) is 0 Å². The van der Waals surface area contributed by atoms with Crippen molar-refractivity contribution in [1.29, 1.82) is 0 Å². The summed E-state index contributed by atoms with van der Waals surface area (Å²) in [5, 5.41) is 0. The Morgan fingerprint density at radius 3 is 2.47 bits per heavy atom. The first-order valence-corrected chi connectivity index (χ1v) is 6.26. The van der Waals surface area contributed by atoms with E-state index < -0.39 is 6.04 Å². The van der Waals surface area contributed by atoms with Gasteiger partial charge >= 0.3 is 0 Å². The summed E-state index contributed by atoms with van der Waals surface area (Å²) in [5.74, 6) is 0.662. The molecule has 1 rings (SSSR count). The van der Waals surface area contributed by atoms with E-state index in [4.69, 9.17) is 15.2 Å². The molecule has 0 radical (unpaired) electrons. The molecule has 5 nitrogen and oxygen atoms in total. The summed E-state index contributed by atoms with van der Waals surface area (Å²) < 4.78 is 10.0. The van der Waals surface area contributed by atoms with E-state index in [0.29, 0.717) is 13.0 Å².